The number of hydrazone groups is 1. The highest BCUT2D eigenvalue weighted by atomic mass is 79.9. The van der Waals surface area contributed by atoms with Gasteiger partial charge in [0.15, 0.2) is 18.1 Å². The number of amides is 3. The van der Waals surface area contributed by atoms with Crippen LogP contribution >= 0.6 is 27.5 Å². The SMILES string of the molecule is COc1cc(/C=N/NC(=O)C(NC(=O)c2cccc(Cl)c2)C(C)C)cc(Br)c1OCC(N)=O. The van der Waals surface area contributed by atoms with Crippen LogP contribution in [-0.4, -0.2) is 43.7 Å². The van der Waals surface area contributed by atoms with Crippen LogP contribution in [0.5, 0.6) is 11.5 Å². The van der Waals surface area contributed by atoms with Crippen molar-refractivity contribution in [2.75, 3.05) is 13.7 Å². The molecule has 176 valence electrons. The van der Waals surface area contributed by atoms with E-state index in [0.717, 1.165) is 0 Å². The summed E-state index contributed by atoms with van der Waals surface area (Å²) in [5.41, 5.74) is 8.47. The van der Waals surface area contributed by atoms with Crippen LogP contribution in [0, 0.1) is 5.92 Å². The summed E-state index contributed by atoms with van der Waals surface area (Å²) in [5, 5.41) is 7.09. The summed E-state index contributed by atoms with van der Waals surface area (Å²) in [4.78, 5) is 36.1. The second-order valence-electron chi connectivity index (χ2n) is 7.23. The fraction of sp³-hybridized carbons (Fsp3) is 0.273. The standard InChI is InChI=1S/C22H24BrClN4O5/c1-12(2)19(27-21(30)14-5-4-6-15(24)9-14)22(31)28-26-10-13-7-16(23)20(17(8-13)32-3)33-11-18(25)29/h4-10,12,19H,11H2,1-3H3,(H2,25,29)(H,27,30)(H,28,31)/b26-10+. The van der Waals surface area contributed by atoms with Crippen LogP contribution in [0.4, 0.5) is 0 Å². The van der Waals surface area contributed by atoms with Gasteiger partial charge >= 0.3 is 0 Å². The third kappa shape index (κ3) is 7.76. The number of carbonyl (C=O) groups excluding carboxylic acids is 3. The Labute approximate surface area is 204 Å². The molecule has 0 aliphatic rings. The highest BCUT2D eigenvalue weighted by Crippen LogP contribution is 2.36. The molecule has 0 bridgehead atoms. The molecule has 0 aliphatic heterocycles. The minimum absolute atomic E-state index is 0.195. The molecule has 0 fully saturated rings. The van der Waals surface area contributed by atoms with E-state index < -0.39 is 23.8 Å². The van der Waals surface area contributed by atoms with Crippen LogP contribution in [-0.2, 0) is 9.59 Å². The molecule has 2 rings (SSSR count). The quantitative estimate of drug-likeness (QED) is 0.315. The molecule has 3 amide bonds. The van der Waals surface area contributed by atoms with Crippen LogP contribution in [0.1, 0.15) is 29.8 Å². The minimum atomic E-state index is -0.820. The van der Waals surface area contributed by atoms with Gasteiger partial charge in [-0.3, -0.25) is 14.4 Å². The molecule has 0 saturated heterocycles. The fourth-order valence-corrected chi connectivity index (χ4v) is 3.49. The van der Waals surface area contributed by atoms with Gasteiger partial charge in [0.25, 0.3) is 17.7 Å². The molecule has 0 aliphatic carbocycles. The van der Waals surface area contributed by atoms with Gasteiger partial charge in [-0.1, -0.05) is 31.5 Å². The first-order valence-electron chi connectivity index (χ1n) is 9.80. The van der Waals surface area contributed by atoms with Crippen molar-refractivity contribution in [3.63, 3.8) is 0 Å². The van der Waals surface area contributed by atoms with E-state index in [1.165, 1.54) is 19.4 Å². The van der Waals surface area contributed by atoms with Crippen molar-refractivity contribution in [1.82, 2.24) is 10.7 Å². The molecule has 0 saturated carbocycles. The number of ether oxygens (including phenoxy) is 2. The monoisotopic (exact) mass is 538 g/mol. The van der Waals surface area contributed by atoms with Crippen molar-refractivity contribution in [2.45, 2.75) is 19.9 Å². The van der Waals surface area contributed by atoms with E-state index in [4.69, 9.17) is 26.8 Å². The predicted octanol–water partition coefficient (Wildman–Crippen LogP) is 2.88. The third-order valence-electron chi connectivity index (χ3n) is 4.32. The lowest BCUT2D eigenvalue weighted by molar-refractivity contribution is -0.124. The fourth-order valence-electron chi connectivity index (χ4n) is 2.73. The second kappa shape index (κ2) is 12.2. The summed E-state index contributed by atoms with van der Waals surface area (Å²) in [6, 6.07) is 8.89. The lowest BCUT2D eigenvalue weighted by atomic mass is 10.0. The molecule has 0 radical (unpaired) electrons. The molecular formula is C22H24BrClN4O5. The molecule has 1 unspecified atom stereocenters. The number of carbonyl (C=O) groups is 3. The van der Waals surface area contributed by atoms with E-state index in [0.29, 0.717) is 32.1 Å². The van der Waals surface area contributed by atoms with Gasteiger partial charge in [0.1, 0.15) is 6.04 Å². The van der Waals surface area contributed by atoms with E-state index >= 15 is 0 Å². The van der Waals surface area contributed by atoms with Crippen LogP contribution in [0.2, 0.25) is 5.02 Å². The van der Waals surface area contributed by atoms with Gasteiger partial charge in [-0.2, -0.15) is 5.10 Å². The van der Waals surface area contributed by atoms with Gasteiger partial charge in [0.2, 0.25) is 0 Å². The van der Waals surface area contributed by atoms with Crippen molar-refractivity contribution in [1.29, 1.82) is 0 Å². The number of benzene rings is 2. The highest BCUT2D eigenvalue weighted by molar-refractivity contribution is 9.10. The van der Waals surface area contributed by atoms with Gasteiger partial charge in [-0.05, 0) is 57.7 Å². The predicted molar refractivity (Wildman–Crippen MR) is 129 cm³/mol. The average Bonchev–Trinajstić information content (AvgIpc) is 2.75. The zero-order chi connectivity index (χ0) is 24.5. The Kier molecular flexibility index (Phi) is 9.68. The molecule has 1 atom stereocenters. The first kappa shape index (κ1) is 26.1. The molecule has 2 aromatic rings. The molecular weight excluding hydrogens is 516 g/mol. The molecule has 4 N–H and O–H groups in total. The number of nitrogens with one attached hydrogen (secondary N) is 2. The lowest BCUT2D eigenvalue weighted by Gasteiger charge is -2.20. The summed E-state index contributed by atoms with van der Waals surface area (Å²) in [6.45, 7) is 3.30. The van der Waals surface area contributed by atoms with Gasteiger partial charge in [0.05, 0.1) is 17.8 Å². The van der Waals surface area contributed by atoms with Crippen molar-refractivity contribution in [3.05, 3.63) is 57.0 Å². The Morgan fingerprint density at radius 1 is 1.24 bits per heavy atom. The van der Waals surface area contributed by atoms with Crippen molar-refractivity contribution in [3.8, 4) is 11.5 Å². The van der Waals surface area contributed by atoms with Crippen LogP contribution in [0.15, 0.2) is 46.0 Å². The Bertz CT molecular complexity index is 1060. The smallest absolute Gasteiger partial charge is 0.262 e. The summed E-state index contributed by atoms with van der Waals surface area (Å²) >= 11 is 9.28. The highest BCUT2D eigenvalue weighted by Gasteiger charge is 2.24. The van der Waals surface area contributed by atoms with Crippen LogP contribution in [0.3, 0.4) is 0 Å². The number of nitrogens with two attached hydrogens (primary N) is 1. The molecule has 2 aromatic carbocycles. The number of methoxy groups -OCH3 is 1. The zero-order valence-corrected chi connectivity index (χ0v) is 20.6. The second-order valence-corrected chi connectivity index (χ2v) is 8.52. The maximum absolute atomic E-state index is 12.6. The Hall–Kier alpha value is -3.11. The van der Waals surface area contributed by atoms with Gasteiger partial charge in [-0.15, -0.1) is 0 Å². The van der Waals surface area contributed by atoms with E-state index in [2.05, 4.69) is 31.8 Å². The number of halogens is 2. The Morgan fingerprint density at radius 3 is 2.58 bits per heavy atom. The largest absolute Gasteiger partial charge is 0.493 e. The maximum Gasteiger partial charge on any atom is 0.262 e. The molecule has 33 heavy (non-hydrogen) atoms. The maximum atomic E-state index is 12.6. The lowest BCUT2D eigenvalue weighted by Crippen LogP contribution is -2.48. The summed E-state index contributed by atoms with van der Waals surface area (Å²) < 4.78 is 11.1. The zero-order valence-electron chi connectivity index (χ0n) is 18.2. The Balaban J connectivity index is 2.09. The number of hydrogen-bond donors (Lipinski definition) is 3. The van der Waals surface area contributed by atoms with Crippen molar-refractivity contribution in [2.24, 2.45) is 16.8 Å². The number of nitrogens with zero attached hydrogens (tertiary/aromatic N) is 1. The first-order valence-corrected chi connectivity index (χ1v) is 11.0. The van der Waals surface area contributed by atoms with Gasteiger partial charge in [-0.25, -0.2) is 5.43 Å². The van der Waals surface area contributed by atoms with E-state index in [1.807, 2.05) is 0 Å². The third-order valence-corrected chi connectivity index (χ3v) is 5.15. The molecule has 0 heterocycles. The van der Waals surface area contributed by atoms with Gasteiger partial charge < -0.3 is 20.5 Å². The topological polar surface area (TPSA) is 132 Å². The number of primary amides is 1. The minimum Gasteiger partial charge on any atom is -0.493 e. The summed E-state index contributed by atoms with van der Waals surface area (Å²) in [7, 11) is 1.44. The summed E-state index contributed by atoms with van der Waals surface area (Å²) in [5.74, 6) is -1.08. The summed E-state index contributed by atoms with van der Waals surface area (Å²) in [6.07, 6.45) is 1.40. The van der Waals surface area contributed by atoms with E-state index in [9.17, 15) is 14.4 Å². The molecule has 11 heteroatoms. The van der Waals surface area contributed by atoms with Gasteiger partial charge in [0, 0.05) is 10.6 Å². The van der Waals surface area contributed by atoms with E-state index in [1.54, 1.807) is 44.2 Å². The number of rotatable bonds is 10. The van der Waals surface area contributed by atoms with Crippen molar-refractivity contribution >= 4 is 51.5 Å². The molecule has 0 aromatic heterocycles. The molecule has 0 spiro atoms. The normalized spacial score (nSPS) is 11.8. The first-order chi connectivity index (χ1) is 15.6. The van der Waals surface area contributed by atoms with Crippen molar-refractivity contribution < 1.29 is 23.9 Å². The number of hydrogen-bond acceptors (Lipinski definition) is 6. The Morgan fingerprint density at radius 2 is 1.97 bits per heavy atom. The van der Waals surface area contributed by atoms with E-state index in [-0.39, 0.29) is 12.5 Å². The molecule has 9 nitrogen and oxygen atoms in total. The average molecular weight is 540 g/mol. The van der Waals surface area contributed by atoms with Crippen LogP contribution < -0.4 is 25.9 Å². The van der Waals surface area contributed by atoms with Crippen LogP contribution in [0.25, 0.3) is 0 Å².